The number of nitrogens with zero attached hydrogens (tertiary/aromatic N) is 1. The second-order valence-electron chi connectivity index (χ2n) is 5.81. The topological polar surface area (TPSA) is 61.4 Å². The highest BCUT2D eigenvalue weighted by molar-refractivity contribution is 6.08. The van der Waals surface area contributed by atoms with Crippen LogP contribution in [0.2, 0.25) is 0 Å². The van der Waals surface area contributed by atoms with Crippen molar-refractivity contribution >= 4 is 23.2 Å². The van der Waals surface area contributed by atoms with E-state index in [2.05, 4.69) is 21.6 Å². The van der Waals surface area contributed by atoms with Crippen molar-refractivity contribution in [3.8, 4) is 0 Å². The largest absolute Gasteiger partial charge is 0.373 e. The number of carbonyl (C=O) groups excluding carboxylic acids is 2. The van der Waals surface area contributed by atoms with Gasteiger partial charge in [0.25, 0.3) is 0 Å². The van der Waals surface area contributed by atoms with Gasteiger partial charge >= 0.3 is 0 Å². The van der Waals surface area contributed by atoms with Crippen molar-refractivity contribution in [1.82, 2.24) is 5.32 Å². The number of fused-ring (bicyclic) bond motifs is 1. The molecule has 21 heavy (non-hydrogen) atoms. The minimum atomic E-state index is -0.566. The number of para-hydroxylation sites is 1. The Morgan fingerprint density at radius 2 is 2.24 bits per heavy atom. The fourth-order valence-corrected chi connectivity index (χ4v) is 3.21. The Balaban J connectivity index is 1.82. The van der Waals surface area contributed by atoms with Crippen LogP contribution in [0, 0.1) is 5.92 Å². The van der Waals surface area contributed by atoms with Gasteiger partial charge in [-0.3, -0.25) is 9.59 Å². The van der Waals surface area contributed by atoms with E-state index in [9.17, 15) is 9.59 Å². The highest BCUT2D eigenvalue weighted by Gasteiger charge is 2.30. The number of anilines is 2. The van der Waals surface area contributed by atoms with Crippen molar-refractivity contribution in [1.29, 1.82) is 0 Å². The van der Waals surface area contributed by atoms with Crippen LogP contribution in [0.25, 0.3) is 0 Å². The van der Waals surface area contributed by atoms with E-state index in [0.717, 1.165) is 37.2 Å². The van der Waals surface area contributed by atoms with Crippen molar-refractivity contribution < 1.29 is 9.59 Å². The zero-order valence-electron chi connectivity index (χ0n) is 12.3. The van der Waals surface area contributed by atoms with Gasteiger partial charge in [-0.1, -0.05) is 12.1 Å². The number of amides is 2. The summed E-state index contributed by atoms with van der Waals surface area (Å²) in [5, 5.41) is 5.72. The molecule has 1 saturated heterocycles. The Morgan fingerprint density at radius 3 is 3.05 bits per heavy atom. The Kier molecular flexibility index (Phi) is 3.82. The van der Waals surface area contributed by atoms with Crippen molar-refractivity contribution in [3.63, 3.8) is 0 Å². The van der Waals surface area contributed by atoms with E-state index in [4.69, 9.17) is 0 Å². The molecule has 1 fully saturated rings. The molecule has 2 N–H and O–H groups in total. The number of aryl methyl sites for hydroxylation is 1. The third kappa shape index (κ3) is 2.73. The molecule has 0 bridgehead atoms. The van der Waals surface area contributed by atoms with Crippen LogP contribution in [-0.2, 0) is 16.0 Å². The highest BCUT2D eigenvalue weighted by Crippen LogP contribution is 2.34. The van der Waals surface area contributed by atoms with E-state index < -0.39 is 5.92 Å². The standard InChI is InChI=1S/C16H21N3O2/c1-19-10-4-6-11-5-2-8-13(14(11)19)18-16(21)12-7-3-9-17-15(12)20/h2,5,8,12H,3-4,6-7,9-10H2,1H3,(H,17,20)(H,18,21). The summed E-state index contributed by atoms with van der Waals surface area (Å²) in [5.74, 6) is -0.917. The lowest BCUT2D eigenvalue weighted by atomic mass is 9.97. The lowest BCUT2D eigenvalue weighted by molar-refractivity contribution is -0.134. The van der Waals surface area contributed by atoms with Crippen LogP contribution in [0.1, 0.15) is 24.8 Å². The third-order valence-electron chi connectivity index (χ3n) is 4.30. The first-order valence-corrected chi connectivity index (χ1v) is 7.58. The summed E-state index contributed by atoms with van der Waals surface area (Å²) in [6.07, 6.45) is 3.65. The van der Waals surface area contributed by atoms with Crippen LogP contribution in [-0.4, -0.2) is 32.0 Å². The van der Waals surface area contributed by atoms with Gasteiger partial charge in [-0.05, 0) is 37.3 Å². The average molecular weight is 287 g/mol. The first-order valence-electron chi connectivity index (χ1n) is 7.58. The van der Waals surface area contributed by atoms with Crippen LogP contribution in [0.3, 0.4) is 0 Å². The summed E-state index contributed by atoms with van der Waals surface area (Å²) in [6, 6.07) is 5.99. The Labute approximate surface area is 124 Å². The van der Waals surface area contributed by atoms with Crippen LogP contribution < -0.4 is 15.5 Å². The zero-order valence-corrected chi connectivity index (χ0v) is 12.3. The van der Waals surface area contributed by atoms with Crippen LogP contribution >= 0.6 is 0 Å². The molecule has 1 unspecified atom stereocenters. The molecule has 0 aromatic heterocycles. The van der Waals surface area contributed by atoms with E-state index >= 15 is 0 Å². The van der Waals surface area contributed by atoms with E-state index in [0.29, 0.717) is 13.0 Å². The Bertz CT molecular complexity index is 571. The quantitative estimate of drug-likeness (QED) is 0.811. The van der Waals surface area contributed by atoms with Gasteiger partial charge in [0, 0.05) is 20.1 Å². The molecule has 1 aromatic rings. The monoisotopic (exact) mass is 287 g/mol. The molecule has 2 aliphatic heterocycles. The fraction of sp³-hybridized carbons (Fsp3) is 0.500. The molecule has 1 atom stereocenters. The molecule has 112 valence electrons. The number of piperidine rings is 1. The van der Waals surface area contributed by atoms with Gasteiger partial charge in [0.2, 0.25) is 11.8 Å². The van der Waals surface area contributed by atoms with Crippen molar-refractivity contribution in [2.45, 2.75) is 25.7 Å². The van der Waals surface area contributed by atoms with Gasteiger partial charge in [-0.25, -0.2) is 0 Å². The molecule has 2 heterocycles. The lowest BCUT2D eigenvalue weighted by Crippen LogP contribution is -2.42. The molecule has 3 rings (SSSR count). The summed E-state index contributed by atoms with van der Waals surface area (Å²) in [7, 11) is 2.04. The van der Waals surface area contributed by atoms with Gasteiger partial charge in [0.1, 0.15) is 5.92 Å². The second kappa shape index (κ2) is 5.76. The molecule has 0 aliphatic carbocycles. The minimum Gasteiger partial charge on any atom is -0.373 e. The van der Waals surface area contributed by atoms with Gasteiger partial charge in [-0.15, -0.1) is 0 Å². The number of nitrogens with one attached hydrogen (secondary N) is 2. The molecule has 5 nitrogen and oxygen atoms in total. The maximum Gasteiger partial charge on any atom is 0.237 e. The molecule has 0 radical (unpaired) electrons. The number of hydrogen-bond donors (Lipinski definition) is 2. The SMILES string of the molecule is CN1CCCc2cccc(NC(=O)C3CCCNC3=O)c21. The normalized spacial score (nSPS) is 21.5. The van der Waals surface area contributed by atoms with Gasteiger partial charge in [-0.2, -0.15) is 0 Å². The van der Waals surface area contributed by atoms with E-state index in [-0.39, 0.29) is 11.8 Å². The molecular formula is C16H21N3O2. The summed E-state index contributed by atoms with van der Waals surface area (Å²) in [4.78, 5) is 26.4. The predicted molar refractivity (Wildman–Crippen MR) is 82.4 cm³/mol. The van der Waals surface area contributed by atoms with E-state index in [1.165, 1.54) is 5.56 Å². The molecule has 2 amide bonds. The molecule has 0 saturated carbocycles. The number of carbonyl (C=O) groups is 2. The maximum atomic E-state index is 12.4. The van der Waals surface area contributed by atoms with Gasteiger partial charge in [0.05, 0.1) is 11.4 Å². The minimum absolute atomic E-state index is 0.156. The smallest absolute Gasteiger partial charge is 0.237 e. The first kappa shape index (κ1) is 13.9. The molecule has 1 aromatic carbocycles. The zero-order chi connectivity index (χ0) is 14.8. The Morgan fingerprint density at radius 1 is 1.38 bits per heavy atom. The maximum absolute atomic E-state index is 12.4. The summed E-state index contributed by atoms with van der Waals surface area (Å²) < 4.78 is 0. The van der Waals surface area contributed by atoms with Crippen LogP contribution in [0.5, 0.6) is 0 Å². The fourth-order valence-electron chi connectivity index (χ4n) is 3.21. The molecule has 5 heteroatoms. The van der Waals surface area contributed by atoms with Gasteiger partial charge < -0.3 is 15.5 Å². The van der Waals surface area contributed by atoms with Crippen molar-refractivity contribution in [2.75, 3.05) is 30.4 Å². The van der Waals surface area contributed by atoms with Gasteiger partial charge in [0.15, 0.2) is 0 Å². The molecule has 0 spiro atoms. The predicted octanol–water partition coefficient (Wildman–Crippen LogP) is 1.53. The third-order valence-corrected chi connectivity index (χ3v) is 4.30. The number of rotatable bonds is 2. The van der Waals surface area contributed by atoms with E-state index in [1.807, 2.05) is 19.2 Å². The summed E-state index contributed by atoms with van der Waals surface area (Å²) in [5.41, 5.74) is 3.17. The second-order valence-corrected chi connectivity index (χ2v) is 5.81. The summed E-state index contributed by atoms with van der Waals surface area (Å²) >= 11 is 0. The number of benzene rings is 1. The van der Waals surface area contributed by atoms with Crippen molar-refractivity contribution in [3.05, 3.63) is 23.8 Å². The molecule has 2 aliphatic rings. The van der Waals surface area contributed by atoms with Crippen LogP contribution in [0.4, 0.5) is 11.4 Å². The number of hydrogen-bond acceptors (Lipinski definition) is 3. The van der Waals surface area contributed by atoms with Crippen molar-refractivity contribution in [2.24, 2.45) is 5.92 Å². The lowest BCUT2D eigenvalue weighted by Gasteiger charge is -2.30. The Hall–Kier alpha value is -2.04. The first-order chi connectivity index (χ1) is 10.2. The molecular weight excluding hydrogens is 266 g/mol. The highest BCUT2D eigenvalue weighted by atomic mass is 16.2. The summed E-state index contributed by atoms with van der Waals surface area (Å²) in [6.45, 7) is 1.66. The van der Waals surface area contributed by atoms with Crippen LogP contribution in [0.15, 0.2) is 18.2 Å². The average Bonchev–Trinajstić information content (AvgIpc) is 2.48. The van der Waals surface area contributed by atoms with E-state index in [1.54, 1.807) is 0 Å².